The van der Waals surface area contributed by atoms with Crippen LogP contribution < -0.4 is 10.6 Å². The molecule has 2 aromatic carbocycles. The van der Waals surface area contributed by atoms with Crippen LogP contribution in [0.3, 0.4) is 0 Å². The number of nitrogens with zero attached hydrogens (tertiary/aromatic N) is 3. The Bertz CT molecular complexity index is 1450. The zero-order valence-electron chi connectivity index (χ0n) is 19.9. The Hall–Kier alpha value is -3.78. The van der Waals surface area contributed by atoms with E-state index in [-0.39, 0.29) is 17.7 Å². The highest BCUT2D eigenvalue weighted by Crippen LogP contribution is 2.49. The van der Waals surface area contributed by atoms with Gasteiger partial charge >= 0.3 is 6.03 Å². The van der Waals surface area contributed by atoms with E-state index in [4.69, 9.17) is 16.0 Å². The van der Waals surface area contributed by atoms with Gasteiger partial charge in [0, 0.05) is 42.6 Å². The van der Waals surface area contributed by atoms with E-state index < -0.39 is 5.54 Å². The molecule has 184 valence electrons. The maximum atomic E-state index is 13.3. The Balaban J connectivity index is 1.31. The van der Waals surface area contributed by atoms with Gasteiger partial charge in [-0.3, -0.25) is 4.79 Å². The zero-order chi connectivity index (χ0) is 24.9. The first-order chi connectivity index (χ1) is 17.4. The normalized spacial score (nSPS) is 16.4. The van der Waals surface area contributed by atoms with Gasteiger partial charge in [0.2, 0.25) is 0 Å². The van der Waals surface area contributed by atoms with Crippen molar-refractivity contribution >= 4 is 40.2 Å². The molecule has 6 rings (SSSR count). The average Bonchev–Trinajstić information content (AvgIpc) is 3.55. The van der Waals surface area contributed by atoms with Gasteiger partial charge in [-0.15, -0.1) is 0 Å². The number of furan rings is 1. The fourth-order valence-electron chi connectivity index (χ4n) is 5.51. The maximum absolute atomic E-state index is 13.3. The number of anilines is 1. The lowest BCUT2D eigenvalue weighted by Gasteiger charge is -2.42. The summed E-state index contributed by atoms with van der Waals surface area (Å²) in [4.78, 5) is 31.5. The molecule has 1 spiro atoms. The summed E-state index contributed by atoms with van der Waals surface area (Å²) in [7, 11) is 1.76. The number of rotatable bonds is 4. The molecule has 3 amide bonds. The second-order valence-corrected chi connectivity index (χ2v) is 10.1. The van der Waals surface area contributed by atoms with Crippen molar-refractivity contribution in [2.45, 2.75) is 44.2 Å². The second kappa shape index (κ2) is 8.71. The molecular weight excluding hydrogens is 478 g/mol. The van der Waals surface area contributed by atoms with E-state index in [0.717, 1.165) is 54.3 Å². The van der Waals surface area contributed by atoms with Crippen LogP contribution in [-0.4, -0.2) is 33.4 Å². The monoisotopic (exact) mass is 503 g/mol. The van der Waals surface area contributed by atoms with Crippen molar-refractivity contribution in [3.8, 4) is 5.69 Å². The fourth-order valence-corrected chi connectivity index (χ4v) is 5.77. The van der Waals surface area contributed by atoms with Crippen molar-refractivity contribution in [1.82, 2.24) is 19.8 Å². The molecule has 0 saturated heterocycles. The van der Waals surface area contributed by atoms with E-state index in [1.165, 1.54) is 0 Å². The predicted molar refractivity (Wildman–Crippen MR) is 138 cm³/mol. The van der Waals surface area contributed by atoms with Crippen LogP contribution in [-0.2, 0) is 12.1 Å². The molecule has 9 heteroatoms. The Labute approximate surface area is 213 Å². The quantitative estimate of drug-likeness (QED) is 0.366. The molecule has 2 aromatic heterocycles. The van der Waals surface area contributed by atoms with Crippen LogP contribution >= 0.6 is 11.6 Å². The van der Waals surface area contributed by atoms with Crippen LogP contribution in [0.4, 0.5) is 10.5 Å². The molecule has 0 bridgehead atoms. The largest absolute Gasteiger partial charge is 0.450 e. The molecule has 4 aromatic rings. The number of carbonyl (C=O) groups is 2. The number of hydrogen-bond acceptors (Lipinski definition) is 4. The maximum Gasteiger partial charge on any atom is 0.319 e. The summed E-state index contributed by atoms with van der Waals surface area (Å²) < 4.78 is 8.15. The minimum atomic E-state index is -0.542. The molecular formula is C27H26ClN5O3. The summed E-state index contributed by atoms with van der Waals surface area (Å²) in [5.74, 6) is 0.0233. The second-order valence-electron chi connectivity index (χ2n) is 9.66. The van der Waals surface area contributed by atoms with E-state index in [2.05, 4.69) is 15.6 Å². The third-order valence-electron chi connectivity index (χ3n) is 7.25. The Morgan fingerprint density at radius 2 is 1.97 bits per heavy atom. The molecule has 36 heavy (non-hydrogen) atoms. The standard InChI is InChI=1S/C27H26ClN5O3/c1-32(15-17-5-7-19(8-6-17)33-12-11-29-16-33)25(34)21-14-18-13-20(28)23-22(24(18)36-21)27(31-26(35)30-23)9-3-2-4-10-27/h5-8,11-14,16H,2-4,9-10,15H2,1H3,(H2,30,31,35). The number of hydrogen-bond donors (Lipinski definition) is 2. The topological polar surface area (TPSA) is 92.4 Å². The lowest BCUT2D eigenvalue weighted by atomic mass is 9.74. The summed E-state index contributed by atoms with van der Waals surface area (Å²) in [6.45, 7) is 0.431. The molecule has 2 N–H and O–H groups in total. The van der Waals surface area contributed by atoms with Gasteiger partial charge in [-0.2, -0.15) is 0 Å². The molecule has 0 atom stereocenters. The number of carbonyl (C=O) groups excluding carboxylic acids is 2. The van der Waals surface area contributed by atoms with Crippen molar-refractivity contribution in [2.24, 2.45) is 0 Å². The molecule has 1 aliphatic heterocycles. The van der Waals surface area contributed by atoms with Gasteiger partial charge in [0.15, 0.2) is 5.76 Å². The third-order valence-corrected chi connectivity index (χ3v) is 7.55. The first-order valence-corrected chi connectivity index (χ1v) is 12.5. The van der Waals surface area contributed by atoms with Crippen molar-refractivity contribution in [3.05, 3.63) is 77.0 Å². The summed E-state index contributed by atoms with van der Waals surface area (Å²) in [5.41, 5.74) is 3.49. The minimum absolute atomic E-state index is 0.222. The number of halogens is 1. The SMILES string of the molecule is CN(Cc1ccc(-n2ccnc2)cc1)C(=O)c1cc2cc(Cl)c3c(c2o1)C1(CCCCC1)NC(=O)N3. The highest BCUT2D eigenvalue weighted by atomic mass is 35.5. The average molecular weight is 504 g/mol. The lowest BCUT2D eigenvalue weighted by Crippen LogP contribution is -2.52. The van der Waals surface area contributed by atoms with Gasteiger partial charge in [0.25, 0.3) is 5.91 Å². The molecule has 0 radical (unpaired) electrons. The molecule has 1 fully saturated rings. The van der Waals surface area contributed by atoms with Gasteiger partial charge in [-0.1, -0.05) is 43.0 Å². The smallest absolute Gasteiger partial charge is 0.319 e. The van der Waals surface area contributed by atoms with Crippen LogP contribution in [0.1, 0.15) is 53.8 Å². The number of benzene rings is 2. The van der Waals surface area contributed by atoms with E-state index in [9.17, 15) is 9.59 Å². The number of fused-ring (bicyclic) bond motifs is 4. The van der Waals surface area contributed by atoms with Gasteiger partial charge in [-0.25, -0.2) is 9.78 Å². The summed E-state index contributed by atoms with van der Waals surface area (Å²) in [6.07, 6.45) is 10.1. The van der Waals surface area contributed by atoms with Gasteiger partial charge in [0.05, 0.1) is 22.6 Å². The first kappa shape index (κ1) is 22.7. The Kier molecular flexibility index (Phi) is 5.48. The van der Waals surface area contributed by atoms with Crippen LogP contribution in [0.15, 0.2) is 59.5 Å². The van der Waals surface area contributed by atoms with E-state index >= 15 is 0 Å². The number of nitrogens with one attached hydrogen (secondary N) is 2. The Morgan fingerprint density at radius 3 is 2.69 bits per heavy atom. The Morgan fingerprint density at radius 1 is 1.19 bits per heavy atom. The van der Waals surface area contributed by atoms with E-state index in [1.54, 1.807) is 36.6 Å². The van der Waals surface area contributed by atoms with Crippen molar-refractivity contribution < 1.29 is 14.0 Å². The van der Waals surface area contributed by atoms with Gasteiger partial charge in [0.1, 0.15) is 5.58 Å². The van der Waals surface area contributed by atoms with Crippen molar-refractivity contribution in [1.29, 1.82) is 0 Å². The third kappa shape index (κ3) is 3.82. The molecule has 0 unspecified atom stereocenters. The number of amides is 3. The summed E-state index contributed by atoms with van der Waals surface area (Å²) in [6, 6.07) is 11.2. The fraction of sp³-hybridized carbons (Fsp3) is 0.296. The highest BCUT2D eigenvalue weighted by Gasteiger charge is 2.44. The lowest BCUT2D eigenvalue weighted by molar-refractivity contribution is 0.0755. The van der Waals surface area contributed by atoms with Crippen molar-refractivity contribution in [2.75, 3.05) is 12.4 Å². The molecule has 3 heterocycles. The molecule has 2 aliphatic rings. The summed E-state index contributed by atoms with van der Waals surface area (Å²) >= 11 is 6.61. The zero-order valence-corrected chi connectivity index (χ0v) is 20.6. The highest BCUT2D eigenvalue weighted by molar-refractivity contribution is 6.35. The van der Waals surface area contributed by atoms with E-state index in [0.29, 0.717) is 22.8 Å². The number of imidazole rings is 1. The van der Waals surface area contributed by atoms with Crippen LogP contribution in [0.5, 0.6) is 0 Å². The van der Waals surface area contributed by atoms with Crippen LogP contribution in [0, 0.1) is 0 Å². The predicted octanol–water partition coefficient (Wildman–Crippen LogP) is 5.84. The van der Waals surface area contributed by atoms with Crippen LogP contribution in [0.2, 0.25) is 5.02 Å². The summed E-state index contributed by atoms with van der Waals surface area (Å²) in [5, 5.41) is 7.20. The first-order valence-electron chi connectivity index (χ1n) is 12.1. The van der Waals surface area contributed by atoms with Crippen molar-refractivity contribution in [3.63, 3.8) is 0 Å². The van der Waals surface area contributed by atoms with Gasteiger partial charge in [-0.05, 0) is 42.7 Å². The minimum Gasteiger partial charge on any atom is -0.450 e. The number of urea groups is 1. The van der Waals surface area contributed by atoms with Crippen LogP contribution in [0.25, 0.3) is 16.7 Å². The molecule has 1 aliphatic carbocycles. The molecule has 1 saturated carbocycles. The number of aromatic nitrogens is 2. The van der Waals surface area contributed by atoms with Gasteiger partial charge < -0.3 is 24.5 Å². The molecule has 8 nitrogen and oxygen atoms in total. The van der Waals surface area contributed by atoms with E-state index in [1.807, 2.05) is 35.0 Å².